The number of hydrogen-bond acceptors (Lipinski definition) is 6. The highest BCUT2D eigenvalue weighted by Crippen LogP contribution is 2.35. The van der Waals surface area contributed by atoms with Crippen LogP contribution in [0.4, 0.5) is 10.2 Å². The van der Waals surface area contributed by atoms with Gasteiger partial charge in [-0.25, -0.2) is 17.7 Å². The predicted octanol–water partition coefficient (Wildman–Crippen LogP) is 7.01. The number of pyridine rings is 1. The first-order valence-electron chi connectivity index (χ1n) is 13.7. The number of benzene rings is 3. The summed E-state index contributed by atoms with van der Waals surface area (Å²) >= 11 is 6.75. The summed E-state index contributed by atoms with van der Waals surface area (Å²) in [6.45, 7) is 1.37. The van der Waals surface area contributed by atoms with E-state index in [2.05, 4.69) is 34.1 Å². The molecule has 1 aliphatic rings. The molecule has 1 aliphatic heterocycles. The minimum absolute atomic E-state index is 0.0203. The summed E-state index contributed by atoms with van der Waals surface area (Å²) in [5.41, 5.74) is 2.65. The lowest BCUT2D eigenvalue weighted by Gasteiger charge is -2.36. The number of halogens is 2. The third-order valence-electron chi connectivity index (χ3n) is 7.55. The molecule has 1 fully saturated rings. The van der Waals surface area contributed by atoms with Gasteiger partial charge in [0.2, 0.25) is 5.95 Å². The Morgan fingerprint density at radius 2 is 1.74 bits per heavy atom. The third-order valence-corrected chi connectivity index (χ3v) is 9.65. The Kier molecular flexibility index (Phi) is 9.30. The fraction of sp³-hybridized carbons (Fsp3) is 0.281. The van der Waals surface area contributed by atoms with Crippen LogP contribution in [0.25, 0.3) is 0 Å². The summed E-state index contributed by atoms with van der Waals surface area (Å²) in [4.78, 5) is 6.26. The number of hydrogen-bond donors (Lipinski definition) is 0. The summed E-state index contributed by atoms with van der Waals surface area (Å²) in [6.07, 6.45) is 3.31. The number of anilines is 1. The van der Waals surface area contributed by atoms with Gasteiger partial charge in [-0.1, -0.05) is 60.5 Å². The van der Waals surface area contributed by atoms with Crippen LogP contribution in [0.3, 0.4) is 0 Å². The number of piperidine rings is 1. The highest BCUT2D eigenvalue weighted by Gasteiger charge is 2.29. The van der Waals surface area contributed by atoms with Crippen LogP contribution in [0.5, 0.6) is 11.5 Å². The molecule has 0 radical (unpaired) electrons. The van der Waals surface area contributed by atoms with Crippen molar-refractivity contribution in [3.05, 3.63) is 113 Å². The minimum Gasteiger partial charge on any atom is -0.497 e. The first-order valence-corrected chi connectivity index (χ1v) is 15.6. The second kappa shape index (κ2) is 13.1. The SMILES string of the molecule is COc1ccc(CN(c2cccc(F)n2)S(=O)(=O)c2ccc(CN3CCCC[C@@H]3c3ccccc3)c(Cl)c2)c(OC)c1. The van der Waals surface area contributed by atoms with Crippen molar-refractivity contribution >= 4 is 27.4 Å². The third kappa shape index (κ3) is 6.53. The molecule has 3 aromatic carbocycles. The molecule has 1 saturated heterocycles. The van der Waals surface area contributed by atoms with E-state index in [-0.39, 0.29) is 23.3 Å². The Morgan fingerprint density at radius 1 is 0.952 bits per heavy atom. The van der Waals surface area contributed by atoms with Crippen molar-refractivity contribution < 1.29 is 22.3 Å². The van der Waals surface area contributed by atoms with Gasteiger partial charge in [-0.3, -0.25) is 4.90 Å². The maximum Gasteiger partial charge on any atom is 0.265 e. The van der Waals surface area contributed by atoms with Crippen molar-refractivity contribution in [2.24, 2.45) is 0 Å². The molecule has 5 rings (SSSR count). The molecule has 1 atom stereocenters. The quantitative estimate of drug-likeness (QED) is 0.180. The summed E-state index contributed by atoms with van der Waals surface area (Å²) in [5, 5.41) is 0.350. The van der Waals surface area contributed by atoms with Crippen molar-refractivity contribution in [3.8, 4) is 11.5 Å². The number of methoxy groups -OCH3 is 2. The molecular formula is C32H33ClFN3O4S. The monoisotopic (exact) mass is 609 g/mol. The molecule has 42 heavy (non-hydrogen) atoms. The van der Waals surface area contributed by atoms with Gasteiger partial charge in [-0.2, -0.15) is 4.39 Å². The van der Waals surface area contributed by atoms with Gasteiger partial charge in [0, 0.05) is 29.2 Å². The van der Waals surface area contributed by atoms with Crippen LogP contribution >= 0.6 is 11.6 Å². The molecule has 2 heterocycles. The van der Waals surface area contributed by atoms with Gasteiger partial charge in [0.15, 0.2) is 0 Å². The second-order valence-corrected chi connectivity index (χ2v) is 12.4. The Morgan fingerprint density at radius 3 is 2.45 bits per heavy atom. The molecule has 4 aromatic rings. The van der Waals surface area contributed by atoms with Crippen LogP contribution in [0.15, 0.2) is 89.8 Å². The van der Waals surface area contributed by atoms with Crippen LogP contribution in [0.2, 0.25) is 5.02 Å². The van der Waals surface area contributed by atoms with E-state index in [0.29, 0.717) is 28.6 Å². The number of nitrogens with zero attached hydrogens (tertiary/aromatic N) is 3. The van der Waals surface area contributed by atoms with E-state index in [1.54, 1.807) is 30.3 Å². The van der Waals surface area contributed by atoms with E-state index in [1.807, 2.05) is 6.07 Å². The molecule has 1 aromatic heterocycles. The van der Waals surface area contributed by atoms with Gasteiger partial charge in [-0.15, -0.1) is 0 Å². The van der Waals surface area contributed by atoms with E-state index in [9.17, 15) is 12.8 Å². The van der Waals surface area contributed by atoms with E-state index in [1.165, 1.54) is 38.0 Å². The lowest BCUT2D eigenvalue weighted by molar-refractivity contribution is 0.140. The number of sulfonamides is 1. The average Bonchev–Trinajstić information content (AvgIpc) is 3.01. The number of rotatable bonds is 10. The first-order chi connectivity index (χ1) is 20.3. The number of aromatic nitrogens is 1. The molecular weight excluding hydrogens is 577 g/mol. The zero-order valence-electron chi connectivity index (χ0n) is 23.5. The largest absolute Gasteiger partial charge is 0.497 e. The van der Waals surface area contributed by atoms with Crippen LogP contribution in [0, 0.1) is 5.95 Å². The molecule has 10 heteroatoms. The molecule has 0 unspecified atom stereocenters. The second-order valence-electron chi connectivity index (χ2n) is 10.2. The van der Waals surface area contributed by atoms with Crippen molar-refractivity contribution in [1.29, 1.82) is 0 Å². The summed E-state index contributed by atoms with van der Waals surface area (Å²) < 4.78 is 54.2. The zero-order valence-corrected chi connectivity index (χ0v) is 25.1. The van der Waals surface area contributed by atoms with Crippen LogP contribution in [0.1, 0.15) is 42.0 Å². The zero-order chi connectivity index (χ0) is 29.7. The van der Waals surface area contributed by atoms with Gasteiger partial charge >= 0.3 is 0 Å². The molecule has 0 bridgehead atoms. The molecule has 0 amide bonds. The molecule has 0 saturated carbocycles. The van der Waals surface area contributed by atoms with Crippen LogP contribution in [-0.4, -0.2) is 39.1 Å². The Hall–Kier alpha value is -3.66. The number of ether oxygens (including phenoxy) is 2. The highest BCUT2D eigenvalue weighted by molar-refractivity contribution is 7.92. The lowest BCUT2D eigenvalue weighted by atomic mass is 9.94. The van der Waals surface area contributed by atoms with Gasteiger partial charge < -0.3 is 9.47 Å². The average molecular weight is 610 g/mol. The lowest BCUT2D eigenvalue weighted by Crippen LogP contribution is -2.33. The van der Waals surface area contributed by atoms with Crippen molar-refractivity contribution in [2.45, 2.75) is 43.3 Å². The Balaban J connectivity index is 1.46. The number of likely N-dealkylation sites (tertiary alicyclic amines) is 1. The van der Waals surface area contributed by atoms with E-state index >= 15 is 0 Å². The van der Waals surface area contributed by atoms with Gasteiger partial charge in [-0.05, 0) is 66.9 Å². The van der Waals surface area contributed by atoms with Gasteiger partial charge in [0.25, 0.3) is 10.0 Å². The van der Waals surface area contributed by atoms with E-state index in [0.717, 1.165) is 41.7 Å². The molecule has 0 spiro atoms. The topological polar surface area (TPSA) is 72.0 Å². The van der Waals surface area contributed by atoms with Crippen molar-refractivity contribution in [2.75, 3.05) is 25.1 Å². The molecule has 220 valence electrons. The van der Waals surface area contributed by atoms with Gasteiger partial charge in [0.05, 0.1) is 25.7 Å². The summed E-state index contributed by atoms with van der Waals surface area (Å²) in [5.74, 6) is 0.123. The molecule has 0 aliphatic carbocycles. The fourth-order valence-corrected chi connectivity index (χ4v) is 7.08. The Bertz CT molecular complexity index is 1640. The van der Waals surface area contributed by atoms with Gasteiger partial charge in [0.1, 0.15) is 17.3 Å². The Labute approximate surface area is 251 Å². The minimum atomic E-state index is -4.22. The van der Waals surface area contributed by atoms with Crippen molar-refractivity contribution in [3.63, 3.8) is 0 Å². The highest BCUT2D eigenvalue weighted by atomic mass is 35.5. The standard InChI is InChI=1S/C32H33ClFN3O4S/c1-40-26-16-14-25(30(19-26)41-2)22-37(32-13-8-12-31(34)35-32)42(38,39)27-17-15-24(28(33)20-27)21-36-18-7-6-11-29(36)23-9-4-3-5-10-23/h3-5,8-10,12-17,19-20,29H,6-7,11,18,21-22H2,1-2H3/t29-/m1/s1. The molecule has 0 N–H and O–H groups in total. The molecule has 7 nitrogen and oxygen atoms in total. The van der Waals surface area contributed by atoms with Crippen LogP contribution in [-0.2, 0) is 23.1 Å². The maximum absolute atomic E-state index is 14.2. The first kappa shape index (κ1) is 29.8. The van der Waals surface area contributed by atoms with E-state index in [4.69, 9.17) is 21.1 Å². The summed E-state index contributed by atoms with van der Waals surface area (Å²) in [7, 11) is -1.20. The fourth-order valence-electron chi connectivity index (χ4n) is 5.36. The van der Waals surface area contributed by atoms with Crippen molar-refractivity contribution in [1.82, 2.24) is 9.88 Å². The van der Waals surface area contributed by atoms with Crippen LogP contribution < -0.4 is 13.8 Å². The smallest absolute Gasteiger partial charge is 0.265 e. The predicted molar refractivity (Wildman–Crippen MR) is 162 cm³/mol. The normalized spacial score (nSPS) is 15.8. The summed E-state index contributed by atoms with van der Waals surface area (Å²) in [6, 6.07) is 24.6. The maximum atomic E-state index is 14.2. The van der Waals surface area contributed by atoms with E-state index < -0.39 is 16.0 Å².